The van der Waals surface area contributed by atoms with Gasteiger partial charge >= 0.3 is 11.9 Å². The molecule has 0 fully saturated rings. The molecule has 0 aliphatic carbocycles. The number of halogens is 2. The standard InChI is InChI=1S/C20H15Cl2NO6/c1-10(24)28-18-16(26-2)7-11(8-17(18)27-3)6-15-20(25)29-19(23-15)13-9-12(21)4-5-14(13)22/h4-9H,1-3H3. The molecule has 1 aliphatic rings. The van der Waals surface area contributed by atoms with E-state index in [1.807, 2.05) is 0 Å². The SMILES string of the molecule is COc1cc(C=C2N=C(c3cc(Cl)ccc3Cl)OC2=O)cc(OC)c1OC(C)=O. The van der Waals surface area contributed by atoms with Gasteiger partial charge in [0.15, 0.2) is 17.2 Å². The lowest BCUT2D eigenvalue weighted by Crippen LogP contribution is -2.06. The maximum Gasteiger partial charge on any atom is 0.363 e. The van der Waals surface area contributed by atoms with Crippen molar-refractivity contribution in [3.05, 3.63) is 57.2 Å². The van der Waals surface area contributed by atoms with Crippen LogP contribution in [-0.2, 0) is 14.3 Å². The van der Waals surface area contributed by atoms with Gasteiger partial charge in [0.1, 0.15) is 0 Å². The topological polar surface area (TPSA) is 83.4 Å². The minimum atomic E-state index is -0.655. The first-order valence-electron chi connectivity index (χ1n) is 8.24. The number of carbonyl (C=O) groups is 2. The molecule has 150 valence electrons. The predicted molar refractivity (Wildman–Crippen MR) is 108 cm³/mol. The fraction of sp³-hybridized carbons (Fsp3) is 0.150. The number of methoxy groups -OCH3 is 2. The second-order valence-electron chi connectivity index (χ2n) is 5.81. The van der Waals surface area contributed by atoms with Crippen LogP contribution in [0.15, 0.2) is 41.0 Å². The number of rotatable bonds is 5. The molecule has 0 atom stereocenters. The van der Waals surface area contributed by atoms with Crippen LogP contribution >= 0.6 is 23.2 Å². The van der Waals surface area contributed by atoms with Gasteiger partial charge in [0, 0.05) is 11.9 Å². The third-order valence-corrected chi connectivity index (χ3v) is 4.38. The third kappa shape index (κ3) is 4.52. The molecule has 0 saturated carbocycles. The summed E-state index contributed by atoms with van der Waals surface area (Å²) in [5.41, 5.74) is 0.959. The Kier molecular flexibility index (Phi) is 6.10. The van der Waals surface area contributed by atoms with Crippen LogP contribution < -0.4 is 14.2 Å². The molecule has 0 aromatic heterocycles. The highest BCUT2D eigenvalue weighted by Crippen LogP contribution is 2.39. The molecule has 0 unspecified atom stereocenters. The Hall–Kier alpha value is -3.03. The summed E-state index contributed by atoms with van der Waals surface area (Å²) in [7, 11) is 2.83. The summed E-state index contributed by atoms with van der Waals surface area (Å²) in [5.74, 6) is -0.504. The van der Waals surface area contributed by atoms with Crippen LogP contribution in [0, 0.1) is 0 Å². The average Bonchev–Trinajstić information content (AvgIpc) is 3.04. The highest BCUT2D eigenvalue weighted by atomic mass is 35.5. The summed E-state index contributed by atoms with van der Waals surface area (Å²) >= 11 is 12.1. The number of esters is 2. The van der Waals surface area contributed by atoms with Crippen molar-refractivity contribution in [2.45, 2.75) is 6.92 Å². The molecule has 0 saturated heterocycles. The van der Waals surface area contributed by atoms with Gasteiger partial charge in [0.05, 0.1) is 24.8 Å². The maximum absolute atomic E-state index is 12.3. The number of hydrogen-bond acceptors (Lipinski definition) is 7. The molecule has 9 heteroatoms. The van der Waals surface area contributed by atoms with Gasteiger partial charge in [-0.3, -0.25) is 4.79 Å². The monoisotopic (exact) mass is 435 g/mol. The lowest BCUT2D eigenvalue weighted by atomic mass is 10.1. The normalized spacial score (nSPS) is 14.4. The molecule has 2 aromatic carbocycles. The quantitative estimate of drug-likeness (QED) is 0.395. The van der Waals surface area contributed by atoms with Crippen LogP contribution in [0.25, 0.3) is 6.08 Å². The Morgan fingerprint density at radius 2 is 1.76 bits per heavy atom. The summed E-state index contributed by atoms with van der Waals surface area (Å²) in [6, 6.07) is 7.90. The van der Waals surface area contributed by atoms with Gasteiger partial charge in [0.2, 0.25) is 11.6 Å². The van der Waals surface area contributed by atoms with Gasteiger partial charge in [-0.05, 0) is 42.0 Å². The Balaban J connectivity index is 2.03. The van der Waals surface area contributed by atoms with E-state index in [1.165, 1.54) is 27.2 Å². The van der Waals surface area contributed by atoms with Gasteiger partial charge in [-0.15, -0.1) is 0 Å². The van der Waals surface area contributed by atoms with Crippen molar-refractivity contribution in [1.82, 2.24) is 0 Å². The number of hydrogen-bond donors (Lipinski definition) is 0. The molecule has 0 N–H and O–H groups in total. The van der Waals surface area contributed by atoms with Crippen LogP contribution in [0.4, 0.5) is 0 Å². The lowest BCUT2D eigenvalue weighted by Gasteiger charge is -2.13. The summed E-state index contributed by atoms with van der Waals surface area (Å²) < 4.78 is 20.9. The molecule has 1 aliphatic heterocycles. The second-order valence-corrected chi connectivity index (χ2v) is 6.65. The fourth-order valence-electron chi connectivity index (χ4n) is 2.57. The second kappa shape index (κ2) is 8.55. The molecule has 29 heavy (non-hydrogen) atoms. The van der Waals surface area contributed by atoms with Gasteiger partial charge < -0.3 is 18.9 Å². The van der Waals surface area contributed by atoms with Crippen molar-refractivity contribution in [3.8, 4) is 17.2 Å². The van der Waals surface area contributed by atoms with Crippen molar-refractivity contribution in [2.24, 2.45) is 4.99 Å². The molecule has 1 heterocycles. The number of benzene rings is 2. The van der Waals surface area contributed by atoms with E-state index >= 15 is 0 Å². The highest BCUT2D eigenvalue weighted by molar-refractivity contribution is 6.36. The number of carbonyl (C=O) groups excluding carboxylic acids is 2. The number of ether oxygens (including phenoxy) is 4. The smallest absolute Gasteiger partial charge is 0.363 e. The first kappa shape index (κ1) is 20.7. The number of nitrogens with zero attached hydrogens (tertiary/aromatic N) is 1. The molecule has 0 spiro atoms. The third-order valence-electron chi connectivity index (χ3n) is 3.81. The minimum absolute atomic E-state index is 0.0420. The summed E-state index contributed by atoms with van der Waals surface area (Å²) in [6.45, 7) is 1.26. The van der Waals surface area contributed by atoms with Gasteiger partial charge in [0.25, 0.3) is 0 Å². The summed E-state index contributed by atoms with van der Waals surface area (Å²) in [4.78, 5) is 27.8. The van der Waals surface area contributed by atoms with E-state index in [1.54, 1.807) is 30.3 Å². The zero-order valence-corrected chi connectivity index (χ0v) is 17.1. The van der Waals surface area contributed by atoms with E-state index in [9.17, 15) is 9.59 Å². The zero-order valence-electron chi connectivity index (χ0n) is 15.6. The lowest BCUT2D eigenvalue weighted by molar-refractivity contribution is -0.132. The van der Waals surface area contributed by atoms with E-state index in [-0.39, 0.29) is 28.8 Å². The van der Waals surface area contributed by atoms with Crippen molar-refractivity contribution >= 4 is 47.1 Å². The van der Waals surface area contributed by atoms with Crippen molar-refractivity contribution in [2.75, 3.05) is 14.2 Å². The molecule has 7 nitrogen and oxygen atoms in total. The Morgan fingerprint density at radius 3 is 2.34 bits per heavy atom. The predicted octanol–water partition coefficient (Wildman–Crippen LogP) is 4.28. The zero-order chi connectivity index (χ0) is 21.1. The van der Waals surface area contributed by atoms with E-state index in [0.29, 0.717) is 21.2 Å². The van der Waals surface area contributed by atoms with Crippen LogP contribution in [0.3, 0.4) is 0 Å². The Morgan fingerprint density at radius 1 is 1.10 bits per heavy atom. The van der Waals surface area contributed by atoms with Gasteiger partial charge in [-0.1, -0.05) is 23.2 Å². The van der Waals surface area contributed by atoms with Gasteiger partial charge in [-0.25, -0.2) is 9.79 Å². The molecular weight excluding hydrogens is 421 g/mol. The highest BCUT2D eigenvalue weighted by Gasteiger charge is 2.26. The molecule has 2 aromatic rings. The first-order chi connectivity index (χ1) is 13.8. The van der Waals surface area contributed by atoms with Crippen molar-refractivity contribution < 1.29 is 28.5 Å². The van der Waals surface area contributed by atoms with Gasteiger partial charge in [-0.2, -0.15) is 0 Å². The molecule has 3 rings (SSSR count). The molecule has 0 amide bonds. The van der Waals surface area contributed by atoms with E-state index < -0.39 is 11.9 Å². The van der Waals surface area contributed by atoms with E-state index in [4.69, 9.17) is 42.1 Å². The fourth-order valence-corrected chi connectivity index (χ4v) is 2.94. The Bertz CT molecular complexity index is 1040. The molecule has 0 radical (unpaired) electrons. The Labute approximate surface area is 176 Å². The number of cyclic esters (lactones) is 1. The average molecular weight is 436 g/mol. The maximum atomic E-state index is 12.3. The van der Waals surface area contributed by atoms with Crippen molar-refractivity contribution in [3.63, 3.8) is 0 Å². The number of aliphatic imine (C=N–C) groups is 1. The van der Waals surface area contributed by atoms with Crippen LogP contribution in [0.5, 0.6) is 17.2 Å². The van der Waals surface area contributed by atoms with Crippen LogP contribution in [0.2, 0.25) is 10.0 Å². The summed E-state index contributed by atoms with van der Waals surface area (Å²) in [5, 5.41) is 0.771. The van der Waals surface area contributed by atoms with E-state index in [2.05, 4.69) is 4.99 Å². The largest absolute Gasteiger partial charge is 0.493 e. The van der Waals surface area contributed by atoms with Crippen LogP contribution in [0.1, 0.15) is 18.1 Å². The van der Waals surface area contributed by atoms with Crippen molar-refractivity contribution in [1.29, 1.82) is 0 Å². The first-order valence-corrected chi connectivity index (χ1v) is 9.00. The molecular formula is C20H15Cl2NO6. The van der Waals surface area contributed by atoms with Crippen LogP contribution in [-0.4, -0.2) is 32.1 Å². The van der Waals surface area contributed by atoms with E-state index in [0.717, 1.165) is 0 Å². The summed E-state index contributed by atoms with van der Waals surface area (Å²) in [6.07, 6.45) is 1.48. The molecule has 0 bridgehead atoms. The minimum Gasteiger partial charge on any atom is -0.493 e.